The summed E-state index contributed by atoms with van der Waals surface area (Å²) in [6, 6.07) is 7.45. The molecule has 122 valence electrons. The normalized spacial score (nSPS) is 15.5. The lowest BCUT2D eigenvalue weighted by atomic mass is 9.77. The number of benzene rings is 1. The molecule has 0 atom stereocenters. The van der Waals surface area contributed by atoms with E-state index in [1.165, 1.54) is 0 Å². The Morgan fingerprint density at radius 3 is 2.27 bits per heavy atom. The van der Waals surface area contributed by atoms with E-state index in [1.54, 1.807) is 0 Å². The maximum Gasteiger partial charge on any atom is 0.240 e. The van der Waals surface area contributed by atoms with E-state index < -0.39 is 5.54 Å². The Hall–Kier alpha value is -1.59. The summed E-state index contributed by atoms with van der Waals surface area (Å²) in [6.07, 6.45) is 2.55. The van der Waals surface area contributed by atoms with E-state index in [0.717, 1.165) is 30.5 Å². The Labute approximate surface area is 137 Å². The number of amides is 2. The molecule has 1 fully saturated rings. The maximum absolute atomic E-state index is 11.9. The molecule has 2 rings (SSSR count). The third-order valence-corrected chi connectivity index (χ3v) is 3.90. The lowest BCUT2D eigenvalue weighted by Crippen LogP contribution is -2.58. The Morgan fingerprint density at radius 2 is 1.82 bits per heavy atom. The SMILES string of the molecule is CC(C)C(=O)Nc1ccc(CNC(=O)C2(N)CCC2)cc1.Cl. The van der Waals surface area contributed by atoms with Crippen molar-refractivity contribution in [1.82, 2.24) is 5.32 Å². The molecule has 0 bridgehead atoms. The van der Waals surface area contributed by atoms with Crippen molar-refractivity contribution in [3.05, 3.63) is 29.8 Å². The molecule has 0 unspecified atom stereocenters. The molecule has 1 aliphatic carbocycles. The van der Waals surface area contributed by atoms with Crippen molar-refractivity contribution in [2.75, 3.05) is 5.32 Å². The number of carbonyl (C=O) groups is 2. The molecular formula is C16H24ClN3O2. The van der Waals surface area contributed by atoms with Crippen LogP contribution in [-0.2, 0) is 16.1 Å². The number of rotatable bonds is 5. The summed E-state index contributed by atoms with van der Waals surface area (Å²) < 4.78 is 0. The Morgan fingerprint density at radius 1 is 1.23 bits per heavy atom. The van der Waals surface area contributed by atoms with Crippen LogP contribution < -0.4 is 16.4 Å². The van der Waals surface area contributed by atoms with Crippen molar-refractivity contribution in [1.29, 1.82) is 0 Å². The van der Waals surface area contributed by atoms with Gasteiger partial charge in [-0.15, -0.1) is 12.4 Å². The largest absolute Gasteiger partial charge is 0.350 e. The van der Waals surface area contributed by atoms with Gasteiger partial charge in [0.25, 0.3) is 0 Å². The van der Waals surface area contributed by atoms with Crippen molar-refractivity contribution < 1.29 is 9.59 Å². The van der Waals surface area contributed by atoms with Crippen molar-refractivity contribution in [2.24, 2.45) is 11.7 Å². The smallest absolute Gasteiger partial charge is 0.240 e. The molecular weight excluding hydrogens is 302 g/mol. The van der Waals surface area contributed by atoms with Crippen LogP contribution in [0.4, 0.5) is 5.69 Å². The minimum Gasteiger partial charge on any atom is -0.350 e. The first-order valence-corrected chi connectivity index (χ1v) is 7.38. The molecule has 6 heteroatoms. The predicted molar refractivity (Wildman–Crippen MR) is 89.8 cm³/mol. The highest BCUT2D eigenvalue weighted by atomic mass is 35.5. The van der Waals surface area contributed by atoms with E-state index in [9.17, 15) is 9.59 Å². The van der Waals surface area contributed by atoms with Crippen LogP contribution in [0.1, 0.15) is 38.7 Å². The minimum atomic E-state index is -0.662. The van der Waals surface area contributed by atoms with Gasteiger partial charge >= 0.3 is 0 Å². The van der Waals surface area contributed by atoms with Gasteiger partial charge in [-0.25, -0.2) is 0 Å². The average molecular weight is 326 g/mol. The molecule has 4 N–H and O–H groups in total. The number of hydrogen-bond acceptors (Lipinski definition) is 3. The molecule has 1 aromatic rings. The van der Waals surface area contributed by atoms with Gasteiger partial charge in [-0.1, -0.05) is 26.0 Å². The lowest BCUT2D eigenvalue weighted by Gasteiger charge is -2.36. The second-order valence-electron chi connectivity index (χ2n) is 6.03. The molecule has 1 aromatic carbocycles. The van der Waals surface area contributed by atoms with Crippen LogP contribution in [0.5, 0.6) is 0 Å². The van der Waals surface area contributed by atoms with E-state index in [1.807, 2.05) is 38.1 Å². The van der Waals surface area contributed by atoms with Gasteiger partial charge in [0.05, 0.1) is 5.54 Å². The quantitative estimate of drug-likeness (QED) is 0.776. The van der Waals surface area contributed by atoms with Gasteiger partial charge in [-0.3, -0.25) is 9.59 Å². The Bertz CT molecular complexity index is 525. The molecule has 5 nitrogen and oxygen atoms in total. The van der Waals surface area contributed by atoms with Gasteiger partial charge in [0.15, 0.2) is 0 Å². The Balaban J connectivity index is 0.00000242. The van der Waals surface area contributed by atoms with Gasteiger partial charge in [-0.2, -0.15) is 0 Å². The molecule has 0 aliphatic heterocycles. The van der Waals surface area contributed by atoms with Gasteiger partial charge in [0.1, 0.15) is 0 Å². The summed E-state index contributed by atoms with van der Waals surface area (Å²) in [6.45, 7) is 4.15. The van der Waals surface area contributed by atoms with E-state index in [-0.39, 0.29) is 30.1 Å². The summed E-state index contributed by atoms with van der Waals surface area (Å²) >= 11 is 0. The molecule has 1 saturated carbocycles. The predicted octanol–water partition coefficient (Wildman–Crippen LogP) is 2.20. The molecule has 0 radical (unpaired) electrons. The van der Waals surface area contributed by atoms with Crippen molar-refractivity contribution in [3.63, 3.8) is 0 Å². The van der Waals surface area contributed by atoms with Crippen LogP contribution in [0.3, 0.4) is 0 Å². The first-order chi connectivity index (χ1) is 9.90. The first kappa shape index (κ1) is 18.5. The molecule has 0 saturated heterocycles. The average Bonchev–Trinajstić information content (AvgIpc) is 2.43. The van der Waals surface area contributed by atoms with Crippen molar-refractivity contribution in [3.8, 4) is 0 Å². The van der Waals surface area contributed by atoms with Gasteiger partial charge in [-0.05, 0) is 37.0 Å². The van der Waals surface area contributed by atoms with E-state index in [0.29, 0.717) is 6.54 Å². The summed E-state index contributed by atoms with van der Waals surface area (Å²) in [5, 5.41) is 5.70. The van der Waals surface area contributed by atoms with E-state index in [2.05, 4.69) is 10.6 Å². The molecule has 22 heavy (non-hydrogen) atoms. The number of anilines is 1. The van der Waals surface area contributed by atoms with Crippen LogP contribution in [0, 0.1) is 5.92 Å². The number of halogens is 1. The summed E-state index contributed by atoms with van der Waals surface area (Å²) in [4.78, 5) is 23.5. The monoisotopic (exact) mass is 325 g/mol. The second kappa shape index (κ2) is 7.61. The van der Waals surface area contributed by atoms with Crippen LogP contribution in [0.15, 0.2) is 24.3 Å². The Kier molecular flexibility index (Phi) is 6.38. The maximum atomic E-state index is 11.9. The van der Waals surface area contributed by atoms with Crippen LogP contribution in [0.25, 0.3) is 0 Å². The van der Waals surface area contributed by atoms with Crippen LogP contribution >= 0.6 is 12.4 Å². The van der Waals surface area contributed by atoms with Gasteiger partial charge < -0.3 is 16.4 Å². The lowest BCUT2D eigenvalue weighted by molar-refractivity contribution is -0.129. The zero-order valence-electron chi connectivity index (χ0n) is 13.0. The molecule has 2 amide bonds. The van der Waals surface area contributed by atoms with Crippen molar-refractivity contribution >= 4 is 29.9 Å². The third kappa shape index (κ3) is 4.45. The standard InChI is InChI=1S/C16H23N3O2.ClH/c1-11(2)14(20)19-13-6-4-12(5-7-13)10-18-15(21)16(17)8-3-9-16;/h4-7,11H,3,8-10,17H2,1-2H3,(H,18,21)(H,19,20);1H. The highest BCUT2D eigenvalue weighted by Gasteiger charge is 2.39. The molecule has 1 aliphatic rings. The number of hydrogen-bond donors (Lipinski definition) is 3. The second-order valence-corrected chi connectivity index (χ2v) is 6.03. The number of carbonyl (C=O) groups excluding carboxylic acids is 2. The zero-order valence-corrected chi connectivity index (χ0v) is 13.8. The highest BCUT2D eigenvalue weighted by molar-refractivity contribution is 5.92. The molecule has 0 aromatic heterocycles. The van der Waals surface area contributed by atoms with E-state index >= 15 is 0 Å². The highest BCUT2D eigenvalue weighted by Crippen LogP contribution is 2.29. The third-order valence-electron chi connectivity index (χ3n) is 3.90. The van der Waals surface area contributed by atoms with Crippen LogP contribution in [0.2, 0.25) is 0 Å². The first-order valence-electron chi connectivity index (χ1n) is 7.38. The summed E-state index contributed by atoms with van der Waals surface area (Å²) in [7, 11) is 0. The van der Waals surface area contributed by atoms with Gasteiger partial charge in [0, 0.05) is 18.2 Å². The summed E-state index contributed by atoms with van der Waals surface area (Å²) in [5.41, 5.74) is 7.04. The zero-order chi connectivity index (χ0) is 15.5. The molecule has 0 heterocycles. The fourth-order valence-corrected chi connectivity index (χ4v) is 2.14. The fraction of sp³-hybridized carbons (Fsp3) is 0.500. The molecule has 0 spiro atoms. The van der Waals surface area contributed by atoms with Gasteiger partial charge in [0.2, 0.25) is 11.8 Å². The van der Waals surface area contributed by atoms with Crippen molar-refractivity contribution in [2.45, 2.75) is 45.2 Å². The topological polar surface area (TPSA) is 84.2 Å². The number of nitrogens with two attached hydrogens (primary N) is 1. The summed E-state index contributed by atoms with van der Waals surface area (Å²) in [5.74, 6) is -0.135. The fourth-order valence-electron chi connectivity index (χ4n) is 2.14. The van der Waals surface area contributed by atoms with Crippen LogP contribution in [-0.4, -0.2) is 17.4 Å². The number of nitrogens with one attached hydrogen (secondary N) is 2. The minimum absolute atomic E-state index is 0. The van der Waals surface area contributed by atoms with E-state index in [4.69, 9.17) is 5.73 Å².